The van der Waals surface area contributed by atoms with Crippen LogP contribution in [0.1, 0.15) is 52.3 Å². The van der Waals surface area contributed by atoms with Crippen LogP contribution in [0.3, 0.4) is 0 Å². The number of carbonyl (C=O) groups excluding carboxylic acids is 1. The van der Waals surface area contributed by atoms with Gasteiger partial charge in [-0.3, -0.25) is 4.79 Å². The van der Waals surface area contributed by atoms with E-state index in [-0.39, 0.29) is 18.5 Å². The first kappa shape index (κ1) is 15.8. The quantitative estimate of drug-likeness (QED) is 0.830. The van der Waals surface area contributed by atoms with Gasteiger partial charge in [0.15, 0.2) is 17.3 Å². The summed E-state index contributed by atoms with van der Waals surface area (Å²) in [6.45, 7) is 6.39. The first-order valence-corrected chi connectivity index (χ1v) is 8.46. The zero-order chi connectivity index (χ0) is 17.6. The maximum Gasteiger partial charge on any atom is 0.231 e. The summed E-state index contributed by atoms with van der Waals surface area (Å²) in [4.78, 5) is 12.9. The number of aryl methyl sites for hydroxylation is 2. The molecule has 25 heavy (non-hydrogen) atoms. The number of carbonyl (C=O) groups is 1. The summed E-state index contributed by atoms with van der Waals surface area (Å²) >= 11 is 0. The van der Waals surface area contributed by atoms with E-state index in [4.69, 9.17) is 18.6 Å². The van der Waals surface area contributed by atoms with E-state index in [0.29, 0.717) is 35.9 Å². The van der Waals surface area contributed by atoms with Crippen molar-refractivity contribution in [3.8, 4) is 11.5 Å². The molecule has 1 aromatic heterocycles. The molecule has 5 nitrogen and oxygen atoms in total. The van der Waals surface area contributed by atoms with Crippen molar-refractivity contribution in [2.24, 2.45) is 0 Å². The maximum absolute atomic E-state index is 12.9. The van der Waals surface area contributed by atoms with E-state index < -0.39 is 0 Å². The number of benzene rings is 1. The van der Waals surface area contributed by atoms with Crippen LogP contribution in [0.15, 0.2) is 28.7 Å². The summed E-state index contributed by atoms with van der Waals surface area (Å²) in [6.07, 6.45) is 2.38. The highest BCUT2D eigenvalue weighted by molar-refractivity contribution is 6.03. The van der Waals surface area contributed by atoms with Gasteiger partial charge in [0.05, 0.1) is 17.7 Å². The Morgan fingerprint density at radius 1 is 1.12 bits per heavy atom. The number of rotatable bonds is 3. The van der Waals surface area contributed by atoms with E-state index in [1.807, 2.05) is 45.0 Å². The van der Waals surface area contributed by atoms with E-state index in [0.717, 1.165) is 22.6 Å². The highest BCUT2D eigenvalue weighted by Crippen LogP contribution is 2.41. The molecule has 0 fully saturated rings. The maximum atomic E-state index is 12.9. The molecular weight excluding hydrogens is 320 g/mol. The molecule has 0 unspecified atom stereocenters. The Morgan fingerprint density at radius 3 is 2.68 bits per heavy atom. The molecule has 0 bridgehead atoms. The van der Waals surface area contributed by atoms with Crippen molar-refractivity contribution in [1.82, 2.24) is 0 Å². The number of hydrogen-bond donors (Lipinski definition) is 0. The van der Waals surface area contributed by atoms with Gasteiger partial charge in [0.25, 0.3) is 0 Å². The van der Waals surface area contributed by atoms with Crippen LogP contribution in [-0.4, -0.2) is 19.2 Å². The van der Waals surface area contributed by atoms with Crippen LogP contribution in [0.2, 0.25) is 0 Å². The summed E-state index contributed by atoms with van der Waals surface area (Å²) in [5, 5.41) is 0. The van der Waals surface area contributed by atoms with Crippen molar-refractivity contribution in [3.05, 3.63) is 52.5 Å². The normalized spacial score (nSPS) is 18.6. The van der Waals surface area contributed by atoms with Crippen molar-refractivity contribution >= 4 is 11.5 Å². The van der Waals surface area contributed by atoms with Gasteiger partial charge in [0.2, 0.25) is 6.79 Å². The first-order valence-electron chi connectivity index (χ1n) is 8.46. The van der Waals surface area contributed by atoms with Gasteiger partial charge in [0.1, 0.15) is 17.3 Å². The molecule has 2 heterocycles. The average Bonchev–Trinajstić information content (AvgIpc) is 3.12. The molecule has 0 radical (unpaired) electrons. The lowest BCUT2D eigenvalue weighted by Gasteiger charge is -2.13. The molecule has 1 aliphatic carbocycles. The van der Waals surface area contributed by atoms with Gasteiger partial charge in [-0.05, 0) is 44.5 Å². The monoisotopic (exact) mass is 340 g/mol. The standard InChI is InChI=1S/C20H20O5/c1-4-22-18-9-14(13-5-6-16-17(8-13)24-10-23-16)7-15(21)19-11(2)25-12(3)20(18)19/h5-6,8-9,14H,4,7,10H2,1-3H3/t14-/m1/s1. The molecule has 1 aliphatic heterocycles. The number of furan rings is 1. The third kappa shape index (κ3) is 2.60. The second-order valence-corrected chi connectivity index (χ2v) is 6.27. The number of ether oxygens (including phenoxy) is 3. The molecule has 0 spiro atoms. The largest absolute Gasteiger partial charge is 0.493 e. The summed E-state index contributed by atoms with van der Waals surface area (Å²) in [6, 6.07) is 5.81. The number of hydrogen-bond acceptors (Lipinski definition) is 5. The van der Waals surface area contributed by atoms with Gasteiger partial charge >= 0.3 is 0 Å². The molecule has 5 heteroatoms. The zero-order valence-electron chi connectivity index (χ0n) is 14.5. The zero-order valence-corrected chi connectivity index (χ0v) is 14.5. The van der Waals surface area contributed by atoms with Gasteiger partial charge in [-0.2, -0.15) is 0 Å². The van der Waals surface area contributed by atoms with Crippen LogP contribution in [0, 0.1) is 13.8 Å². The molecule has 0 saturated heterocycles. The Kier molecular flexibility index (Phi) is 3.79. The lowest BCUT2D eigenvalue weighted by Crippen LogP contribution is -2.05. The van der Waals surface area contributed by atoms with Gasteiger partial charge < -0.3 is 18.6 Å². The number of Topliss-reactive ketones (excluding diaryl/α,β-unsaturated/α-hetero) is 1. The minimum absolute atomic E-state index is 0.0676. The van der Waals surface area contributed by atoms with Gasteiger partial charge in [-0.15, -0.1) is 0 Å². The highest BCUT2D eigenvalue weighted by Gasteiger charge is 2.31. The van der Waals surface area contributed by atoms with E-state index in [2.05, 4.69) is 0 Å². The van der Waals surface area contributed by atoms with Crippen molar-refractivity contribution in [2.45, 2.75) is 33.1 Å². The van der Waals surface area contributed by atoms with Gasteiger partial charge in [-0.25, -0.2) is 0 Å². The van der Waals surface area contributed by atoms with E-state index in [9.17, 15) is 4.79 Å². The fraction of sp³-hybridized carbons (Fsp3) is 0.350. The summed E-state index contributed by atoms with van der Waals surface area (Å²) in [7, 11) is 0. The second kappa shape index (κ2) is 5.99. The summed E-state index contributed by atoms with van der Waals surface area (Å²) in [5.74, 6) is 3.50. The minimum atomic E-state index is -0.0882. The topological polar surface area (TPSA) is 57.9 Å². The number of allylic oxidation sites excluding steroid dienone is 1. The predicted octanol–water partition coefficient (Wildman–Crippen LogP) is 4.37. The Bertz CT molecular complexity index is 874. The van der Waals surface area contributed by atoms with Crippen LogP contribution in [0.25, 0.3) is 5.76 Å². The lowest BCUT2D eigenvalue weighted by atomic mass is 9.92. The Hall–Kier alpha value is -2.69. The van der Waals surface area contributed by atoms with Gasteiger partial charge in [-0.1, -0.05) is 6.07 Å². The van der Waals surface area contributed by atoms with Crippen molar-refractivity contribution in [3.63, 3.8) is 0 Å². The molecule has 1 aromatic carbocycles. The van der Waals surface area contributed by atoms with Crippen molar-refractivity contribution in [2.75, 3.05) is 13.4 Å². The second-order valence-electron chi connectivity index (χ2n) is 6.27. The van der Waals surface area contributed by atoms with E-state index >= 15 is 0 Å². The number of ketones is 1. The predicted molar refractivity (Wildman–Crippen MR) is 92.0 cm³/mol. The van der Waals surface area contributed by atoms with Crippen LogP contribution in [-0.2, 0) is 4.74 Å². The molecule has 0 amide bonds. The molecular formula is C20H20O5. The minimum Gasteiger partial charge on any atom is -0.493 e. The fourth-order valence-electron chi connectivity index (χ4n) is 3.58. The SMILES string of the molecule is CCOC1=C[C@H](c2ccc3c(c2)OCO3)CC(=O)c2c(C)oc(C)c21. The average molecular weight is 340 g/mol. The van der Waals surface area contributed by atoms with Crippen molar-refractivity contribution in [1.29, 1.82) is 0 Å². The Morgan fingerprint density at radius 2 is 1.88 bits per heavy atom. The third-order valence-corrected chi connectivity index (χ3v) is 4.67. The fourth-order valence-corrected chi connectivity index (χ4v) is 3.58. The third-order valence-electron chi connectivity index (χ3n) is 4.67. The molecule has 130 valence electrons. The van der Waals surface area contributed by atoms with Crippen LogP contribution in [0.4, 0.5) is 0 Å². The highest BCUT2D eigenvalue weighted by atomic mass is 16.7. The van der Waals surface area contributed by atoms with E-state index in [1.165, 1.54) is 0 Å². The molecule has 4 rings (SSSR count). The Balaban J connectivity index is 1.80. The number of fused-ring (bicyclic) bond motifs is 2. The molecule has 1 atom stereocenters. The lowest BCUT2D eigenvalue weighted by molar-refractivity contribution is 0.0977. The first-order chi connectivity index (χ1) is 12.1. The van der Waals surface area contributed by atoms with Crippen LogP contribution < -0.4 is 9.47 Å². The molecule has 2 aromatic rings. The van der Waals surface area contributed by atoms with Gasteiger partial charge in [0, 0.05) is 12.3 Å². The molecule has 0 saturated carbocycles. The van der Waals surface area contributed by atoms with Crippen LogP contribution >= 0.6 is 0 Å². The molecule has 2 aliphatic rings. The van der Waals surface area contributed by atoms with E-state index in [1.54, 1.807) is 0 Å². The summed E-state index contributed by atoms with van der Waals surface area (Å²) in [5.41, 5.74) is 2.43. The van der Waals surface area contributed by atoms with Crippen LogP contribution in [0.5, 0.6) is 11.5 Å². The van der Waals surface area contributed by atoms with Crippen molar-refractivity contribution < 1.29 is 23.4 Å². The molecule has 0 N–H and O–H groups in total. The smallest absolute Gasteiger partial charge is 0.231 e. The summed E-state index contributed by atoms with van der Waals surface area (Å²) < 4.78 is 22.4. The Labute approximate surface area is 146 Å².